The van der Waals surface area contributed by atoms with E-state index in [2.05, 4.69) is 56.4 Å². The SMILES string of the molecule is CC(NCCc1ccsc1)c1cc(Br)cs1. The van der Waals surface area contributed by atoms with Crippen LogP contribution in [0.2, 0.25) is 0 Å². The third-order valence-corrected chi connectivity index (χ3v) is 5.07. The number of hydrogen-bond donors (Lipinski definition) is 1. The van der Waals surface area contributed by atoms with Crippen molar-refractivity contribution in [2.24, 2.45) is 0 Å². The maximum Gasteiger partial charge on any atom is 0.0386 e. The Kier molecular flexibility index (Phi) is 4.58. The molecule has 4 heteroatoms. The summed E-state index contributed by atoms with van der Waals surface area (Å²) in [6.45, 7) is 3.25. The van der Waals surface area contributed by atoms with Crippen molar-refractivity contribution in [2.75, 3.05) is 6.54 Å². The molecule has 16 heavy (non-hydrogen) atoms. The summed E-state index contributed by atoms with van der Waals surface area (Å²) < 4.78 is 1.18. The highest BCUT2D eigenvalue weighted by atomic mass is 79.9. The second kappa shape index (κ2) is 5.96. The second-order valence-electron chi connectivity index (χ2n) is 3.72. The van der Waals surface area contributed by atoms with Crippen molar-refractivity contribution < 1.29 is 0 Å². The van der Waals surface area contributed by atoms with Crippen LogP contribution in [0.1, 0.15) is 23.4 Å². The number of halogens is 1. The molecule has 0 spiro atoms. The van der Waals surface area contributed by atoms with Crippen LogP contribution in [-0.4, -0.2) is 6.54 Å². The van der Waals surface area contributed by atoms with Gasteiger partial charge in [-0.25, -0.2) is 0 Å². The fourth-order valence-electron chi connectivity index (χ4n) is 1.52. The first-order chi connectivity index (χ1) is 7.75. The van der Waals surface area contributed by atoms with E-state index >= 15 is 0 Å². The smallest absolute Gasteiger partial charge is 0.0386 e. The lowest BCUT2D eigenvalue weighted by Crippen LogP contribution is -2.20. The van der Waals surface area contributed by atoms with Gasteiger partial charge in [-0.2, -0.15) is 11.3 Å². The molecule has 0 aliphatic heterocycles. The fourth-order valence-corrected chi connectivity index (χ4v) is 3.70. The van der Waals surface area contributed by atoms with Gasteiger partial charge in [0, 0.05) is 20.8 Å². The molecule has 2 aromatic rings. The normalized spacial score (nSPS) is 12.9. The van der Waals surface area contributed by atoms with Crippen molar-refractivity contribution in [2.45, 2.75) is 19.4 Å². The molecule has 0 aliphatic carbocycles. The van der Waals surface area contributed by atoms with Gasteiger partial charge in [0.15, 0.2) is 0 Å². The largest absolute Gasteiger partial charge is 0.309 e. The molecule has 2 heterocycles. The van der Waals surface area contributed by atoms with Gasteiger partial charge in [-0.05, 0) is 64.3 Å². The molecule has 1 nitrogen and oxygen atoms in total. The Morgan fingerprint density at radius 1 is 1.44 bits per heavy atom. The molecule has 0 aromatic carbocycles. The van der Waals surface area contributed by atoms with Gasteiger partial charge in [0.1, 0.15) is 0 Å². The minimum absolute atomic E-state index is 0.440. The first kappa shape index (κ1) is 12.3. The highest BCUT2D eigenvalue weighted by Crippen LogP contribution is 2.25. The molecule has 86 valence electrons. The summed E-state index contributed by atoms with van der Waals surface area (Å²) in [7, 11) is 0. The molecule has 1 atom stereocenters. The van der Waals surface area contributed by atoms with E-state index in [9.17, 15) is 0 Å². The summed E-state index contributed by atoms with van der Waals surface area (Å²) in [5.41, 5.74) is 1.43. The van der Waals surface area contributed by atoms with Gasteiger partial charge in [-0.3, -0.25) is 0 Å². The lowest BCUT2D eigenvalue weighted by atomic mass is 10.2. The Bertz CT molecular complexity index is 422. The first-order valence-electron chi connectivity index (χ1n) is 5.24. The van der Waals surface area contributed by atoms with E-state index in [1.165, 1.54) is 14.9 Å². The van der Waals surface area contributed by atoms with Gasteiger partial charge in [0.2, 0.25) is 0 Å². The van der Waals surface area contributed by atoms with Gasteiger partial charge < -0.3 is 5.32 Å². The summed E-state index contributed by atoms with van der Waals surface area (Å²) in [5, 5.41) is 10.0. The third kappa shape index (κ3) is 3.42. The Morgan fingerprint density at radius 3 is 2.94 bits per heavy atom. The number of nitrogens with one attached hydrogen (secondary N) is 1. The van der Waals surface area contributed by atoms with E-state index in [4.69, 9.17) is 0 Å². The van der Waals surface area contributed by atoms with Crippen LogP contribution in [0, 0.1) is 0 Å². The Balaban J connectivity index is 1.78. The second-order valence-corrected chi connectivity index (χ2v) is 6.36. The molecule has 0 aliphatic rings. The van der Waals surface area contributed by atoms with Crippen LogP contribution in [0.4, 0.5) is 0 Å². The zero-order valence-corrected chi connectivity index (χ0v) is 12.3. The summed E-state index contributed by atoms with van der Waals surface area (Å²) in [4.78, 5) is 1.39. The molecular formula is C12H14BrNS2. The van der Waals surface area contributed by atoms with Crippen LogP contribution < -0.4 is 5.32 Å². The van der Waals surface area contributed by atoms with Gasteiger partial charge in [-0.1, -0.05) is 0 Å². The van der Waals surface area contributed by atoms with Gasteiger partial charge in [-0.15, -0.1) is 11.3 Å². The molecular weight excluding hydrogens is 302 g/mol. The summed E-state index contributed by atoms with van der Waals surface area (Å²) in [6, 6.07) is 4.82. The average molecular weight is 316 g/mol. The first-order valence-corrected chi connectivity index (χ1v) is 7.85. The highest BCUT2D eigenvalue weighted by Gasteiger charge is 2.06. The van der Waals surface area contributed by atoms with E-state index in [1.807, 2.05) is 0 Å². The molecule has 0 radical (unpaired) electrons. The maximum atomic E-state index is 3.54. The predicted octanol–water partition coefficient (Wildman–Crippen LogP) is 4.47. The van der Waals surface area contributed by atoms with Crippen molar-refractivity contribution in [1.82, 2.24) is 5.32 Å². The van der Waals surface area contributed by atoms with Crippen LogP contribution in [0.15, 0.2) is 32.7 Å². The van der Waals surface area contributed by atoms with E-state index < -0.39 is 0 Å². The van der Waals surface area contributed by atoms with Crippen molar-refractivity contribution in [3.05, 3.63) is 43.2 Å². The van der Waals surface area contributed by atoms with Crippen molar-refractivity contribution in [1.29, 1.82) is 0 Å². The number of thiophene rings is 2. The zero-order chi connectivity index (χ0) is 11.4. The Hall–Kier alpha value is -0.160. The minimum Gasteiger partial charge on any atom is -0.309 e. The number of hydrogen-bond acceptors (Lipinski definition) is 3. The average Bonchev–Trinajstić information content (AvgIpc) is 2.89. The molecule has 1 N–H and O–H groups in total. The van der Waals surface area contributed by atoms with Crippen LogP contribution in [0.5, 0.6) is 0 Å². The molecule has 0 bridgehead atoms. The Morgan fingerprint density at radius 2 is 2.31 bits per heavy atom. The van der Waals surface area contributed by atoms with Gasteiger partial charge >= 0.3 is 0 Å². The van der Waals surface area contributed by atoms with E-state index in [-0.39, 0.29) is 0 Å². The van der Waals surface area contributed by atoms with E-state index in [0.717, 1.165) is 13.0 Å². The highest BCUT2D eigenvalue weighted by molar-refractivity contribution is 9.10. The van der Waals surface area contributed by atoms with Crippen LogP contribution in [0.25, 0.3) is 0 Å². The lowest BCUT2D eigenvalue weighted by Gasteiger charge is -2.11. The quantitative estimate of drug-likeness (QED) is 0.858. The molecule has 1 unspecified atom stereocenters. The maximum absolute atomic E-state index is 3.54. The lowest BCUT2D eigenvalue weighted by molar-refractivity contribution is 0.585. The molecule has 2 rings (SSSR count). The molecule has 0 saturated carbocycles. The topological polar surface area (TPSA) is 12.0 Å². The standard InChI is InChI=1S/C12H14BrNS2/c1-9(12-6-11(13)8-16-12)14-4-2-10-3-5-15-7-10/h3,5-9,14H,2,4H2,1H3. The zero-order valence-electron chi connectivity index (χ0n) is 9.07. The monoisotopic (exact) mass is 315 g/mol. The minimum atomic E-state index is 0.440. The van der Waals surface area contributed by atoms with Crippen LogP contribution >= 0.6 is 38.6 Å². The summed E-state index contributed by atoms with van der Waals surface area (Å²) in [5.74, 6) is 0. The van der Waals surface area contributed by atoms with Crippen molar-refractivity contribution in [3.63, 3.8) is 0 Å². The van der Waals surface area contributed by atoms with E-state index in [1.54, 1.807) is 22.7 Å². The third-order valence-electron chi connectivity index (χ3n) is 2.46. The van der Waals surface area contributed by atoms with E-state index in [0.29, 0.717) is 6.04 Å². The summed E-state index contributed by atoms with van der Waals surface area (Å²) >= 11 is 7.05. The van der Waals surface area contributed by atoms with Crippen molar-refractivity contribution in [3.8, 4) is 0 Å². The predicted molar refractivity (Wildman–Crippen MR) is 76.5 cm³/mol. The molecule has 0 fully saturated rings. The van der Waals surface area contributed by atoms with Crippen LogP contribution in [-0.2, 0) is 6.42 Å². The molecule has 2 aromatic heterocycles. The van der Waals surface area contributed by atoms with Crippen LogP contribution in [0.3, 0.4) is 0 Å². The Labute approximate surface area is 113 Å². The van der Waals surface area contributed by atoms with Gasteiger partial charge in [0.05, 0.1) is 0 Å². The van der Waals surface area contributed by atoms with Crippen molar-refractivity contribution >= 4 is 38.6 Å². The number of rotatable bonds is 5. The molecule has 0 amide bonds. The van der Waals surface area contributed by atoms with Gasteiger partial charge in [0.25, 0.3) is 0 Å². The fraction of sp³-hybridized carbons (Fsp3) is 0.333. The molecule has 0 saturated heterocycles. The summed E-state index contributed by atoms with van der Waals surface area (Å²) in [6.07, 6.45) is 1.11.